The average molecular weight is 127 g/mol. The van der Waals surface area contributed by atoms with Gasteiger partial charge in [0.2, 0.25) is 0 Å². The standard InChI is InChI=1S/C8H14O/c1-7-4-2-3-5-8(7)6-9/h4,8-9H,2-3,5-6H2,1H3/p+1. The minimum Gasteiger partial charge on any atom is -0.445 e. The molecule has 0 bridgehead atoms. The Bertz CT molecular complexity index is 116. The molecule has 1 aliphatic carbocycles. The van der Waals surface area contributed by atoms with Gasteiger partial charge in [-0.15, -0.1) is 0 Å². The van der Waals surface area contributed by atoms with Crippen molar-refractivity contribution in [1.82, 2.24) is 0 Å². The molecule has 0 radical (unpaired) electrons. The summed E-state index contributed by atoms with van der Waals surface area (Å²) in [6, 6.07) is 0. The van der Waals surface area contributed by atoms with Crippen molar-refractivity contribution in [2.24, 2.45) is 5.92 Å². The van der Waals surface area contributed by atoms with Crippen molar-refractivity contribution < 1.29 is 5.11 Å². The zero-order valence-electron chi connectivity index (χ0n) is 5.98. The Balaban J connectivity index is 2.50. The van der Waals surface area contributed by atoms with Gasteiger partial charge in [0, 0.05) is 5.92 Å². The van der Waals surface area contributed by atoms with E-state index in [-0.39, 0.29) is 0 Å². The van der Waals surface area contributed by atoms with Crippen molar-refractivity contribution in [3.05, 3.63) is 11.6 Å². The van der Waals surface area contributed by atoms with Crippen LogP contribution in [0.5, 0.6) is 0 Å². The van der Waals surface area contributed by atoms with Crippen LogP contribution in [0.1, 0.15) is 26.2 Å². The second-order valence-electron chi connectivity index (χ2n) is 2.78. The van der Waals surface area contributed by atoms with Crippen molar-refractivity contribution in [3.63, 3.8) is 0 Å². The van der Waals surface area contributed by atoms with Crippen molar-refractivity contribution in [1.29, 1.82) is 0 Å². The van der Waals surface area contributed by atoms with Crippen LogP contribution in [0.15, 0.2) is 11.6 Å². The molecule has 2 N–H and O–H groups in total. The predicted octanol–water partition coefficient (Wildman–Crippen LogP) is 1.46. The molecule has 1 unspecified atom stereocenters. The maximum absolute atomic E-state index is 7.19. The number of hydrogen-bond acceptors (Lipinski definition) is 0. The van der Waals surface area contributed by atoms with Crippen LogP contribution in [0.2, 0.25) is 0 Å². The summed E-state index contributed by atoms with van der Waals surface area (Å²) in [7, 11) is 0. The summed E-state index contributed by atoms with van der Waals surface area (Å²) in [5.74, 6) is 0.582. The molecule has 1 heteroatoms. The molecule has 1 nitrogen and oxygen atoms in total. The second-order valence-corrected chi connectivity index (χ2v) is 2.78. The van der Waals surface area contributed by atoms with Crippen LogP contribution in [-0.4, -0.2) is 11.7 Å². The topological polar surface area (TPSA) is 22.9 Å². The van der Waals surface area contributed by atoms with Crippen LogP contribution < -0.4 is 0 Å². The van der Waals surface area contributed by atoms with Gasteiger partial charge in [-0.3, -0.25) is 0 Å². The van der Waals surface area contributed by atoms with Crippen LogP contribution in [0, 0.1) is 5.92 Å². The van der Waals surface area contributed by atoms with E-state index in [4.69, 9.17) is 5.11 Å². The van der Waals surface area contributed by atoms with Gasteiger partial charge in [-0.1, -0.05) is 11.6 Å². The third-order valence-electron chi connectivity index (χ3n) is 2.11. The van der Waals surface area contributed by atoms with E-state index in [1.165, 1.54) is 24.8 Å². The lowest BCUT2D eigenvalue weighted by Crippen LogP contribution is -2.10. The predicted molar refractivity (Wildman–Crippen MR) is 39.6 cm³/mol. The Hall–Kier alpha value is -0.300. The molecule has 1 rings (SSSR count). The first kappa shape index (κ1) is 6.81. The number of rotatable bonds is 1. The lowest BCUT2D eigenvalue weighted by Gasteiger charge is -2.16. The largest absolute Gasteiger partial charge is 0.445 e. The van der Waals surface area contributed by atoms with E-state index in [9.17, 15) is 0 Å². The molecule has 0 amide bonds. The van der Waals surface area contributed by atoms with Gasteiger partial charge in [0.15, 0.2) is 0 Å². The van der Waals surface area contributed by atoms with E-state index < -0.39 is 0 Å². The van der Waals surface area contributed by atoms with E-state index in [1.807, 2.05) is 0 Å². The third kappa shape index (κ3) is 1.55. The lowest BCUT2D eigenvalue weighted by molar-refractivity contribution is 0.233. The molecule has 0 aromatic heterocycles. The van der Waals surface area contributed by atoms with Crippen molar-refractivity contribution in [3.8, 4) is 0 Å². The fourth-order valence-electron chi connectivity index (χ4n) is 1.35. The van der Waals surface area contributed by atoms with Gasteiger partial charge in [0.25, 0.3) is 0 Å². The zero-order valence-corrected chi connectivity index (χ0v) is 5.98. The summed E-state index contributed by atoms with van der Waals surface area (Å²) in [5.41, 5.74) is 1.44. The summed E-state index contributed by atoms with van der Waals surface area (Å²) in [5, 5.41) is 7.19. The first-order valence-corrected chi connectivity index (χ1v) is 3.66. The van der Waals surface area contributed by atoms with Gasteiger partial charge >= 0.3 is 0 Å². The van der Waals surface area contributed by atoms with E-state index in [0.717, 1.165) is 0 Å². The Labute approximate surface area is 56.4 Å². The molecular formula is C8H15O+. The Morgan fingerprint density at radius 2 is 2.56 bits per heavy atom. The fourth-order valence-corrected chi connectivity index (χ4v) is 1.35. The molecule has 0 spiro atoms. The highest BCUT2D eigenvalue weighted by Gasteiger charge is 2.14. The average Bonchev–Trinajstić information content (AvgIpc) is 1.89. The zero-order chi connectivity index (χ0) is 6.69. The summed E-state index contributed by atoms with van der Waals surface area (Å²) in [6.07, 6.45) is 6.05. The first-order valence-electron chi connectivity index (χ1n) is 3.66. The van der Waals surface area contributed by atoms with Crippen LogP contribution in [-0.2, 0) is 0 Å². The molecule has 52 valence electrons. The molecular weight excluding hydrogens is 112 g/mol. The highest BCUT2D eigenvalue weighted by molar-refractivity contribution is 5.06. The first-order chi connectivity index (χ1) is 4.34. The molecule has 0 aromatic rings. The van der Waals surface area contributed by atoms with Crippen LogP contribution in [0.25, 0.3) is 0 Å². The maximum Gasteiger partial charge on any atom is 0.150 e. The minimum atomic E-state index is 0.582. The summed E-state index contributed by atoms with van der Waals surface area (Å²) in [4.78, 5) is 0. The van der Waals surface area contributed by atoms with Crippen molar-refractivity contribution in [2.45, 2.75) is 26.2 Å². The quantitative estimate of drug-likeness (QED) is 0.376. The molecule has 0 saturated heterocycles. The molecule has 1 atom stereocenters. The summed E-state index contributed by atoms with van der Waals surface area (Å²) >= 11 is 0. The van der Waals surface area contributed by atoms with E-state index in [0.29, 0.717) is 12.5 Å². The summed E-state index contributed by atoms with van der Waals surface area (Å²) in [6.45, 7) is 2.74. The second kappa shape index (κ2) is 3.02. The van der Waals surface area contributed by atoms with Crippen LogP contribution >= 0.6 is 0 Å². The molecule has 0 fully saturated rings. The molecule has 0 heterocycles. The highest BCUT2D eigenvalue weighted by atomic mass is 16.3. The van der Waals surface area contributed by atoms with Crippen LogP contribution in [0.4, 0.5) is 0 Å². The Morgan fingerprint density at radius 1 is 1.78 bits per heavy atom. The Morgan fingerprint density at radius 3 is 3.00 bits per heavy atom. The highest BCUT2D eigenvalue weighted by Crippen LogP contribution is 2.23. The minimum absolute atomic E-state index is 0.582. The smallest absolute Gasteiger partial charge is 0.150 e. The van der Waals surface area contributed by atoms with Gasteiger partial charge in [0.05, 0.1) is 0 Å². The van der Waals surface area contributed by atoms with Crippen LogP contribution in [0.3, 0.4) is 0 Å². The third-order valence-corrected chi connectivity index (χ3v) is 2.11. The SMILES string of the molecule is CC1=CCCCC1C[OH2+]. The molecule has 1 aliphatic rings. The van der Waals surface area contributed by atoms with E-state index in [2.05, 4.69) is 13.0 Å². The summed E-state index contributed by atoms with van der Waals surface area (Å²) < 4.78 is 0. The van der Waals surface area contributed by atoms with Gasteiger partial charge in [0.1, 0.15) is 6.61 Å². The van der Waals surface area contributed by atoms with Crippen molar-refractivity contribution >= 4 is 0 Å². The number of allylic oxidation sites excluding steroid dienone is 1. The fraction of sp³-hybridized carbons (Fsp3) is 0.750. The van der Waals surface area contributed by atoms with Gasteiger partial charge in [-0.2, -0.15) is 0 Å². The normalized spacial score (nSPS) is 27.8. The van der Waals surface area contributed by atoms with Gasteiger partial charge in [-0.25, -0.2) is 0 Å². The monoisotopic (exact) mass is 127 g/mol. The number of hydrogen-bond donors (Lipinski definition) is 0. The Kier molecular flexibility index (Phi) is 2.29. The molecule has 9 heavy (non-hydrogen) atoms. The van der Waals surface area contributed by atoms with E-state index >= 15 is 0 Å². The lowest BCUT2D eigenvalue weighted by atomic mass is 9.90. The van der Waals surface area contributed by atoms with Crippen molar-refractivity contribution in [2.75, 3.05) is 6.61 Å². The van der Waals surface area contributed by atoms with E-state index in [1.54, 1.807) is 0 Å². The van der Waals surface area contributed by atoms with Gasteiger partial charge < -0.3 is 5.11 Å². The maximum atomic E-state index is 7.19. The molecule has 0 saturated carbocycles. The molecule has 0 aromatic carbocycles. The van der Waals surface area contributed by atoms with Gasteiger partial charge in [-0.05, 0) is 26.2 Å². The molecule has 0 aliphatic heterocycles.